The monoisotopic (exact) mass is 1180 g/mol. The van der Waals surface area contributed by atoms with Gasteiger partial charge in [0.1, 0.15) is 52.2 Å². The van der Waals surface area contributed by atoms with E-state index in [0.29, 0.717) is 42.5 Å². The fourth-order valence-corrected chi connectivity index (χ4v) is 10.6. The molecular weight excluding hydrogens is 1100 g/mol. The van der Waals surface area contributed by atoms with Crippen LogP contribution in [0.5, 0.6) is 5.75 Å². The van der Waals surface area contributed by atoms with Gasteiger partial charge in [-0.3, -0.25) is 59.0 Å². The molecule has 4 atom stereocenters. The molecule has 7 N–H and O–H groups in total. The van der Waals surface area contributed by atoms with Crippen LogP contribution in [0.25, 0.3) is 21.9 Å². The van der Waals surface area contributed by atoms with Gasteiger partial charge >= 0.3 is 17.2 Å². The number of carboxylic acids is 1. The number of carbonyl (C=O) groups is 9. The fourth-order valence-electron chi connectivity index (χ4n) is 10.6. The average molecular weight is 1180 g/mol. The molecule has 2 fully saturated rings. The lowest BCUT2D eigenvalue weighted by Gasteiger charge is -2.43. The Kier molecular flexibility index (Phi) is 25.8. The summed E-state index contributed by atoms with van der Waals surface area (Å²) >= 11 is 0. The molecule has 24 heteroatoms. The van der Waals surface area contributed by atoms with E-state index in [1.165, 1.54) is 83.1 Å². The van der Waals surface area contributed by atoms with Gasteiger partial charge < -0.3 is 44.8 Å². The summed E-state index contributed by atoms with van der Waals surface area (Å²) in [5, 5.41) is 22.9. The first-order valence-corrected chi connectivity index (χ1v) is 30.0. The molecule has 0 saturated carbocycles. The number of benzene rings is 2. The molecule has 2 aliphatic rings. The fraction of sp³-hybridized carbons (Fsp3) is 0.557. The van der Waals surface area contributed by atoms with Crippen molar-refractivity contribution < 1.29 is 61.8 Å². The molecular formula is C61H83N9O15. The maximum Gasteiger partial charge on any atom is 0.349 e. The molecule has 0 spiro atoms. The number of rotatable bonds is 33. The molecule has 0 radical (unpaired) electrons. The molecule has 1 unspecified atom stereocenters. The van der Waals surface area contributed by atoms with Crippen LogP contribution in [-0.2, 0) is 33.6 Å². The zero-order valence-corrected chi connectivity index (χ0v) is 49.3. The number of carbonyl (C=O) groups excluding carboxylic acids is 8. The quantitative estimate of drug-likeness (QED) is 0.0162. The first-order valence-electron chi connectivity index (χ1n) is 30.0. The van der Waals surface area contributed by atoms with E-state index in [1.807, 2.05) is 24.8 Å². The van der Waals surface area contributed by atoms with E-state index in [-0.39, 0.29) is 68.7 Å². The molecule has 4 heterocycles. The second kappa shape index (κ2) is 33.3. The number of carboxylic acid groups (broad SMARTS) is 1. The minimum atomic E-state index is -1.89. The van der Waals surface area contributed by atoms with Crippen molar-refractivity contribution in [3.05, 3.63) is 80.5 Å². The van der Waals surface area contributed by atoms with Gasteiger partial charge in [-0.25, -0.2) is 14.6 Å². The minimum absolute atomic E-state index is 0.00719. The van der Waals surface area contributed by atoms with Gasteiger partial charge in [0.2, 0.25) is 17.7 Å². The van der Waals surface area contributed by atoms with E-state index in [0.717, 1.165) is 41.4 Å². The van der Waals surface area contributed by atoms with Crippen LogP contribution >= 0.6 is 0 Å². The van der Waals surface area contributed by atoms with Crippen molar-refractivity contribution in [2.45, 2.75) is 186 Å². The average Bonchev–Trinajstić information content (AvgIpc) is 3.67. The number of hydrogen-bond donors (Lipinski definition) is 7. The maximum atomic E-state index is 14.3. The van der Waals surface area contributed by atoms with Crippen LogP contribution in [0.2, 0.25) is 0 Å². The molecule has 8 amide bonds. The van der Waals surface area contributed by atoms with E-state index in [2.05, 4.69) is 39.0 Å². The summed E-state index contributed by atoms with van der Waals surface area (Å²) < 4.78 is 16.1. The van der Waals surface area contributed by atoms with Crippen molar-refractivity contribution in [2.75, 3.05) is 38.2 Å². The second-order valence-corrected chi connectivity index (χ2v) is 21.6. The highest BCUT2D eigenvalue weighted by Crippen LogP contribution is 2.27. The molecule has 2 aliphatic heterocycles. The van der Waals surface area contributed by atoms with Crippen molar-refractivity contribution in [3.63, 3.8) is 0 Å². The van der Waals surface area contributed by atoms with Gasteiger partial charge in [0.25, 0.3) is 29.5 Å². The lowest BCUT2D eigenvalue weighted by atomic mass is 10.0. The molecule has 2 aromatic carbocycles. The minimum Gasteiger partial charge on any atom is -0.497 e. The summed E-state index contributed by atoms with van der Waals surface area (Å²) in [6, 6.07) is 6.20. The van der Waals surface area contributed by atoms with Gasteiger partial charge in [0.15, 0.2) is 0 Å². The summed E-state index contributed by atoms with van der Waals surface area (Å²) in [4.78, 5) is 150. The number of hydrazine groups is 2. The van der Waals surface area contributed by atoms with Gasteiger partial charge in [0.05, 0.1) is 13.5 Å². The van der Waals surface area contributed by atoms with E-state index >= 15 is 0 Å². The normalized spacial score (nSPS) is 15.7. The Labute approximate surface area is 493 Å². The second-order valence-electron chi connectivity index (χ2n) is 21.6. The Morgan fingerprint density at radius 2 is 1.27 bits per heavy atom. The standard InChI is InChI=1S/C61H83N9O15/c1-5-8-9-10-11-12-13-14-15-16-17-18-19-25-51(71)62-32-21-20-23-45(63-54(75)43-34-39-26-28-41(68(6-2)7-3)36-49(39)84-60(43)81)56(77)66-67-57(78)47(38-53(73)74)65-58(79)48-24-22-33-69-52(72)31-30-46(59(80)70(48)69)64-55(76)44-35-40-27-29-42(83-4)37-50(40)85-61(44)82/h26-29,34-37,45-48H,5-25,30-33,38H2,1-4H3,(H,62,71)(H,63,75)(H,64,76)(H,65,79)(H,66,77)(H,67,78)(H,73,74)/t45?,46-,47-,48-/m0/s1. The highest BCUT2D eigenvalue weighted by atomic mass is 16.5. The van der Waals surface area contributed by atoms with Gasteiger partial charge in [0, 0.05) is 67.6 Å². The first-order chi connectivity index (χ1) is 41.0. The van der Waals surface area contributed by atoms with Crippen molar-refractivity contribution in [1.29, 1.82) is 0 Å². The van der Waals surface area contributed by atoms with Crippen molar-refractivity contribution in [2.24, 2.45) is 0 Å². The Morgan fingerprint density at radius 3 is 1.88 bits per heavy atom. The van der Waals surface area contributed by atoms with Crippen LogP contribution in [-0.4, -0.2) is 126 Å². The molecule has 0 bridgehead atoms. The number of nitrogens with zero attached hydrogens (tertiary/aromatic N) is 3. The number of fused-ring (bicyclic) bond motifs is 3. The summed E-state index contributed by atoms with van der Waals surface area (Å²) in [5.74, 6) is -7.94. The smallest absolute Gasteiger partial charge is 0.349 e. The number of unbranched alkanes of at least 4 members (excludes halogenated alkanes) is 13. The van der Waals surface area contributed by atoms with Crippen LogP contribution in [0.1, 0.15) is 183 Å². The van der Waals surface area contributed by atoms with Crippen LogP contribution in [0.3, 0.4) is 0 Å². The zero-order valence-electron chi connectivity index (χ0n) is 49.3. The largest absolute Gasteiger partial charge is 0.497 e. The van der Waals surface area contributed by atoms with Crippen LogP contribution in [0.15, 0.2) is 67.0 Å². The summed E-state index contributed by atoms with van der Waals surface area (Å²) in [7, 11) is 1.43. The van der Waals surface area contributed by atoms with Crippen LogP contribution in [0.4, 0.5) is 5.69 Å². The van der Waals surface area contributed by atoms with Crippen molar-refractivity contribution in [1.82, 2.24) is 42.1 Å². The van der Waals surface area contributed by atoms with Gasteiger partial charge in [-0.15, -0.1) is 0 Å². The van der Waals surface area contributed by atoms with E-state index < -0.39 is 100 Å². The SMILES string of the molecule is CCCCCCCCCCCCCCCC(=O)NCCCCC(NC(=O)c1cc2ccc(N(CC)CC)cc2oc1=O)C(=O)NNC(=O)[C@H](CC(=O)O)NC(=O)[C@@H]1CCCN2C(=O)CC[C@H](NC(=O)c3cc4ccc(OC)cc4oc3=O)C(=O)N12. The number of amides is 8. The molecule has 6 rings (SSSR count). The van der Waals surface area contributed by atoms with Crippen LogP contribution in [0, 0.1) is 0 Å². The molecule has 24 nitrogen and oxygen atoms in total. The third kappa shape index (κ3) is 19.1. The van der Waals surface area contributed by atoms with E-state index in [9.17, 15) is 57.8 Å². The Bertz CT molecular complexity index is 3120. The number of ether oxygens (including phenoxy) is 1. The predicted octanol–water partition coefficient (Wildman–Crippen LogP) is 6.05. The summed E-state index contributed by atoms with van der Waals surface area (Å²) in [6.45, 7) is 7.85. The summed E-state index contributed by atoms with van der Waals surface area (Å²) in [6.07, 6.45) is 15.0. The number of hydrogen-bond acceptors (Lipinski definition) is 15. The molecule has 85 heavy (non-hydrogen) atoms. The lowest BCUT2D eigenvalue weighted by Crippen LogP contribution is -2.65. The predicted molar refractivity (Wildman–Crippen MR) is 316 cm³/mol. The molecule has 462 valence electrons. The number of nitrogens with one attached hydrogen (secondary N) is 6. The van der Waals surface area contributed by atoms with Crippen molar-refractivity contribution >= 4 is 80.9 Å². The third-order valence-corrected chi connectivity index (χ3v) is 15.4. The molecule has 0 aliphatic carbocycles. The summed E-state index contributed by atoms with van der Waals surface area (Å²) in [5.41, 5.74) is 2.66. The topological polar surface area (TPSA) is 325 Å². The first kappa shape index (κ1) is 65.8. The third-order valence-electron chi connectivity index (χ3n) is 15.4. The van der Waals surface area contributed by atoms with E-state index in [4.69, 9.17) is 13.6 Å². The highest BCUT2D eigenvalue weighted by molar-refractivity contribution is 6.02. The van der Waals surface area contributed by atoms with E-state index in [1.54, 1.807) is 24.3 Å². The lowest BCUT2D eigenvalue weighted by molar-refractivity contribution is -0.176. The van der Waals surface area contributed by atoms with Gasteiger partial charge in [-0.1, -0.05) is 84.0 Å². The number of methoxy groups -OCH3 is 1. The maximum absolute atomic E-state index is 14.3. The Morgan fingerprint density at radius 1 is 0.682 bits per heavy atom. The van der Waals surface area contributed by atoms with Crippen molar-refractivity contribution in [3.8, 4) is 5.75 Å². The van der Waals surface area contributed by atoms with Crippen LogP contribution < -0.4 is 53.0 Å². The zero-order chi connectivity index (χ0) is 61.4. The Hall–Kier alpha value is -8.31. The number of aliphatic carboxylic acids is 1. The number of anilines is 1. The molecule has 2 aromatic heterocycles. The molecule has 2 saturated heterocycles. The molecule has 4 aromatic rings. The van der Waals surface area contributed by atoms with Gasteiger partial charge in [-0.05, 0) is 95.2 Å². The highest BCUT2D eigenvalue weighted by Gasteiger charge is 2.45. The van der Waals surface area contributed by atoms with Gasteiger partial charge in [-0.2, -0.15) is 0 Å². The Balaban J connectivity index is 1.07.